The summed E-state index contributed by atoms with van der Waals surface area (Å²) in [6.07, 6.45) is 0. The van der Waals surface area contributed by atoms with E-state index in [2.05, 4.69) is 10.1 Å². The molecule has 3 rings (SSSR count). The van der Waals surface area contributed by atoms with Crippen molar-refractivity contribution in [1.29, 1.82) is 0 Å². The maximum Gasteiger partial charge on any atom is 0.163 e. The fraction of sp³-hybridized carbons (Fsp3) is 0.333. The topological polar surface area (TPSA) is 35.6 Å². The first-order valence-corrected chi connectivity index (χ1v) is 7.17. The molecule has 2 aromatic heterocycles. The van der Waals surface area contributed by atoms with E-state index in [-0.39, 0.29) is 11.2 Å². The molecule has 0 bridgehead atoms. The SMILES string of the molecule is Cc1cccc(F)c1-n1c(C(C)Cl)nc2c(C)nn(C)c21. The molecule has 0 fully saturated rings. The summed E-state index contributed by atoms with van der Waals surface area (Å²) in [5, 5.41) is 4.03. The molecule has 1 atom stereocenters. The molecule has 1 unspecified atom stereocenters. The van der Waals surface area contributed by atoms with Gasteiger partial charge >= 0.3 is 0 Å². The molecule has 21 heavy (non-hydrogen) atoms. The number of aryl methyl sites for hydroxylation is 3. The second-order valence-corrected chi connectivity index (χ2v) is 5.86. The zero-order valence-corrected chi connectivity index (χ0v) is 13.1. The number of nitrogens with zero attached hydrogens (tertiary/aromatic N) is 4. The largest absolute Gasteiger partial charge is 0.276 e. The van der Waals surface area contributed by atoms with E-state index in [1.165, 1.54) is 6.07 Å². The summed E-state index contributed by atoms with van der Waals surface area (Å²) < 4.78 is 17.9. The molecule has 0 aliphatic carbocycles. The fourth-order valence-corrected chi connectivity index (χ4v) is 2.83. The standard InChI is InChI=1S/C15H16ClFN4/c1-8-6-5-7-11(17)13(8)21-14(9(2)16)18-12-10(3)19-20(4)15(12)21/h5-7,9H,1-4H3. The molecule has 3 aromatic rings. The number of hydrogen-bond donors (Lipinski definition) is 0. The summed E-state index contributed by atoms with van der Waals surface area (Å²) in [6, 6.07) is 5.01. The van der Waals surface area contributed by atoms with E-state index in [1.54, 1.807) is 15.3 Å². The van der Waals surface area contributed by atoms with E-state index >= 15 is 0 Å². The van der Waals surface area contributed by atoms with E-state index in [0.717, 1.165) is 22.4 Å². The van der Waals surface area contributed by atoms with Gasteiger partial charge < -0.3 is 0 Å². The fourth-order valence-electron chi connectivity index (χ4n) is 2.68. The van der Waals surface area contributed by atoms with Crippen molar-refractivity contribution in [3.8, 4) is 5.69 Å². The van der Waals surface area contributed by atoms with Crippen LogP contribution in [-0.2, 0) is 7.05 Å². The third kappa shape index (κ3) is 2.03. The Bertz CT molecular complexity index is 812. The minimum Gasteiger partial charge on any atom is -0.276 e. The van der Waals surface area contributed by atoms with Crippen molar-refractivity contribution in [3.63, 3.8) is 0 Å². The third-order valence-corrected chi connectivity index (χ3v) is 3.79. The van der Waals surface area contributed by atoms with E-state index in [9.17, 15) is 4.39 Å². The van der Waals surface area contributed by atoms with Crippen LogP contribution in [0.25, 0.3) is 16.9 Å². The second kappa shape index (κ2) is 4.84. The monoisotopic (exact) mass is 306 g/mol. The summed E-state index contributed by atoms with van der Waals surface area (Å²) in [6.45, 7) is 5.59. The van der Waals surface area contributed by atoms with Crippen LogP contribution in [0.5, 0.6) is 0 Å². The highest BCUT2D eigenvalue weighted by Gasteiger charge is 2.23. The van der Waals surface area contributed by atoms with Gasteiger partial charge in [0.05, 0.1) is 16.8 Å². The van der Waals surface area contributed by atoms with Crippen LogP contribution in [0.4, 0.5) is 4.39 Å². The van der Waals surface area contributed by atoms with Gasteiger partial charge in [-0.25, -0.2) is 14.1 Å². The maximum atomic E-state index is 14.4. The number of halogens is 2. The number of benzene rings is 1. The van der Waals surface area contributed by atoms with Crippen molar-refractivity contribution in [3.05, 3.63) is 41.1 Å². The van der Waals surface area contributed by atoms with Gasteiger partial charge in [0.25, 0.3) is 0 Å². The number of rotatable bonds is 2. The van der Waals surface area contributed by atoms with Crippen molar-refractivity contribution in [1.82, 2.24) is 19.3 Å². The van der Waals surface area contributed by atoms with E-state index in [1.807, 2.05) is 33.9 Å². The Morgan fingerprint density at radius 1 is 1.29 bits per heavy atom. The van der Waals surface area contributed by atoms with Gasteiger partial charge in [0.2, 0.25) is 0 Å². The van der Waals surface area contributed by atoms with Crippen LogP contribution < -0.4 is 0 Å². The maximum absolute atomic E-state index is 14.4. The molecule has 1 aromatic carbocycles. The van der Waals surface area contributed by atoms with Crippen LogP contribution in [0, 0.1) is 19.7 Å². The van der Waals surface area contributed by atoms with Crippen LogP contribution in [0.3, 0.4) is 0 Å². The third-order valence-electron chi connectivity index (χ3n) is 3.60. The quantitative estimate of drug-likeness (QED) is 0.675. The first-order chi connectivity index (χ1) is 9.91. The Morgan fingerprint density at radius 3 is 2.62 bits per heavy atom. The van der Waals surface area contributed by atoms with Crippen molar-refractivity contribution < 1.29 is 4.39 Å². The lowest BCUT2D eigenvalue weighted by Crippen LogP contribution is -2.09. The van der Waals surface area contributed by atoms with Gasteiger partial charge in [-0.2, -0.15) is 5.10 Å². The first-order valence-electron chi connectivity index (χ1n) is 6.73. The molecule has 110 valence electrons. The van der Waals surface area contributed by atoms with E-state index in [4.69, 9.17) is 11.6 Å². The molecular weight excluding hydrogens is 291 g/mol. The average molecular weight is 307 g/mol. The lowest BCUT2D eigenvalue weighted by atomic mass is 10.2. The number of hydrogen-bond acceptors (Lipinski definition) is 2. The predicted octanol–water partition coefficient (Wildman–Crippen LogP) is 3.81. The summed E-state index contributed by atoms with van der Waals surface area (Å²) in [5.41, 5.74) is 3.61. The Morgan fingerprint density at radius 2 is 2.00 bits per heavy atom. The number of alkyl halides is 1. The Kier molecular flexibility index (Phi) is 3.24. The van der Waals surface area contributed by atoms with Gasteiger partial charge in [0.15, 0.2) is 5.65 Å². The van der Waals surface area contributed by atoms with Crippen molar-refractivity contribution >= 4 is 22.8 Å². The summed E-state index contributed by atoms with van der Waals surface area (Å²) in [5.74, 6) is 0.322. The molecular formula is C15H16ClFN4. The van der Waals surface area contributed by atoms with Crippen LogP contribution in [0.15, 0.2) is 18.2 Å². The van der Waals surface area contributed by atoms with E-state index in [0.29, 0.717) is 11.5 Å². The number of fused-ring (bicyclic) bond motifs is 1. The lowest BCUT2D eigenvalue weighted by molar-refractivity contribution is 0.612. The minimum atomic E-state index is -0.337. The number of aromatic nitrogens is 4. The lowest BCUT2D eigenvalue weighted by Gasteiger charge is -2.14. The summed E-state index contributed by atoms with van der Waals surface area (Å²) in [4.78, 5) is 4.57. The smallest absolute Gasteiger partial charge is 0.163 e. The van der Waals surface area contributed by atoms with Gasteiger partial charge in [-0.1, -0.05) is 12.1 Å². The van der Waals surface area contributed by atoms with Crippen LogP contribution in [0.2, 0.25) is 0 Å². The van der Waals surface area contributed by atoms with E-state index < -0.39 is 0 Å². The zero-order valence-electron chi connectivity index (χ0n) is 12.4. The van der Waals surface area contributed by atoms with Crippen LogP contribution in [0.1, 0.15) is 29.4 Å². The Labute approximate surface area is 127 Å². The Balaban J connectivity index is 2.48. The van der Waals surface area contributed by atoms with Crippen LogP contribution >= 0.6 is 11.6 Å². The minimum absolute atomic E-state index is 0.299. The van der Waals surface area contributed by atoms with Gasteiger partial charge in [-0.3, -0.25) is 4.57 Å². The zero-order chi connectivity index (χ0) is 15.3. The highest BCUT2D eigenvalue weighted by Crippen LogP contribution is 2.31. The molecule has 0 aliphatic rings. The highest BCUT2D eigenvalue weighted by molar-refractivity contribution is 6.20. The molecule has 2 heterocycles. The number of imidazole rings is 1. The van der Waals surface area contributed by atoms with Crippen molar-refractivity contribution in [2.45, 2.75) is 26.1 Å². The van der Waals surface area contributed by atoms with Crippen molar-refractivity contribution in [2.75, 3.05) is 0 Å². The molecule has 0 spiro atoms. The molecule has 0 amide bonds. The van der Waals surface area contributed by atoms with Gasteiger partial charge in [-0.05, 0) is 32.4 Å². The summed E-state index contributed by atoms with van der Waals surface area (Å²) in [7, 11) is 1.83. The van der Waals surface area contributed by atoms with Gasteiger partial charge in [-0.15, -0.1) is 11.6 Å². The van der Waals surface area contributed by atoms with Crippen molar-refractivity contribution in [2.24, 2.45) is 7.05 Å². The summed E-state index contributed by atoms with van der Waals surface area (Å²) >= 11 is 6.26. The molecule has 6 heteroatoms. The molecule has 0 saturated heterocycles. The first kappa shape index (κ1) is 14.1. The highest BCUT2D eigenvalue weighted by atomic mass is 35.5. The normalized spacial score (nSPS) is 13.0. The second-order valence-electron chi connectivity index (χ2n) is 5.21. The van der Waals surface area contributed by atoms with Gasteiger partial charge in [0.1, 0.15) is 17.2 Å². The molecule has 0 N–H and O–H groups in total. The molecule has 0 saturated carbocycles. The van der Waals surface area contributed by atoms with Gasteiger partial charge in [0, 0.05) is 7.05 Å². The van der Waals surface area contributed by atoms with Crippen LogP contribution in [-0.4, -0.2) is 19.3 Å². The molecule has 0 radical (unpaired) electrons. The molecule has 0 aliphatic heterocycles. The Hall–Kier alpha value is -1.88. The predicted molar refractivity (Wildman–Crippen MR) is 81.5 cm³/mol. The number of para-hydroxylation sites is 1. The molecule has 4 nitrogen and oxygen atoms in total. The average Bonchev–Trinajstić information content (AvgIpc) is 2.90.